The third-order valence-electron chi connectivity index (χ3n) is 6.15. The summed E-state index contributed by atoms with van der Waals surface area (Å²) < 4.78 is 59.8. The SMILES string of the molecule is CC(=O)OC[C@H]1O[C@@H](OC[C@H]2O[C@@H](OC(C)=O)[C@H](OC(C)=O)[C@@H](OC(C)=O)[C@@H]2OC(C)=O)[C@H](OC(C)=O)[C@@H](OC(C)=O)[C@H]1OC(C)=O. The van der Waals surface area contributed by atoms with E-state index in [2.05, 4.69) is 0 Å². The van der Waals surface area contributed by atoms with E-state index in [4.69, 9.17) is 52.1 Å². The minimum absolute atomic E-state index is 0.541. The lowest BCUT2D eigenvalue weighted by molar-refractivity contribution is -0.331. The Morgan fingerprint density at radius 3 is 1.09 bits per heavy atom. The molecule has 0 aromatic carbocycles. The van der Waals surface area contributed by atoms with E-state index in [9.17, 15) is 38.4 Å². The molecule has 0 N–H and O–H groups in total. The zero-order valence-electron chi connectivity index (χ0n) is 26.9. The van der Waals surface area contributed by atoms with Crippen LogP contribution in [-0.2, 0) is 90.5 Å². The van der Waals surface area contributed by atoms with Gasteiger partial charge < -0.3 is 52.1 Å². The standard InChI is InChI=1S/C28H38O19/c1-11(29)37-9-19-21(39-12(2)30)23(41-14(4)32)25(43-16(6)34)27(46-19)38-10-20-22(40-13(3)31)24(42-15(5)33)26(44-17(7)35)28(47-20)45-18(8)36/h19-28H,9-10H2,1-8H3/t19-,20-,21+,22-,23+,24+,25-,26-,27-,28-/m1/s1. The smallest absolute Gasteiger partial charge is 0.305 e. The van der Waals surface area contributed by atoms with E-state index in [0.717, 1.165) is 55.4 Å². The third kappa shape index (κ3) is 12.1. The van der Waals surface area contributed by atoms with Gasteiger partial charge in [0.15, 0.2) is 36.8 Å². The van der Waals surface area contributed by atoms with Gasteiger partial charge in [0.1, 0.15) is 18.8 Å². The van der Waals surface area contributed by atoms with E-state index in [-0.39, 0.29) is 0 Å². The van der Waals surface area contributed by atoms with Crippen molar-refractivity contribution in [2.45, 2.75) is 117 Å². The van der Waals surface area contributed by atoms with E-state index in [1.54, 1.807) is 0 Å². The number of carbonyl (C=O) groups excluding carboxylic acids is 8. The van der Waals surface area contributed by atoms with Gasteiger partial charge in [-0.1, -0.05) is 0 Å². The molecule has 0 bridgehead atoms. The average Bonchev–Trinajstić information content (AvgIpc) is 2.91. The molecule has 2 heterocycles. The van der Waals surface area contributed by atoms with Crippen molar-refractivity contribution in [3.63, 3.8) is 0 Å². The molecule has 0 aromatic heterocycles. The number of rotatable bonds is 12. The second-order valence-electron chi connectivity index (χ2n) is 10.3. The Hall–Kier alpha value is -4.36. The molecule has 19 nitrogen and oxygen atoms in total. The number of hydrogen-bond acceptors (Lipinski definition) is 19. The second kappa shape index (κ2) is 17.5. The van der Waals surface area contributed by atoms with Crippen LogP contribution in [0.5, 0.6) is 0 Å². The van der Waals surface area contributed by atoms with E-state index in [1.165, 1.54) is 0 Å². The van der Waals surface area contributed by atoms with Crippen LogP contribution in [0.4, 0.5) is 0 Å². The molecule has 0 aliphatic carbocycles. The maximum Gasteiger partial charge on any atom is 0.305 e. The first-order chi connectivity index (χ1) is 21.9. The molecule has 264 valence electrons. The summed E-state index contributed by atoms with van der Waals surface area (Å²) in [6, 6.07) is 0. The van der Waals surface area contributed by atoms with Crippen molar-refractivity contribution >= 4 is 47.8 Å². The van der Waals surface area contributed by atoms with Crippen LogP contribution in [-0.4, -0.2) is 122 Å². The Bertz CT molecular complexity index is 1200. The number of hydrogen-bond donors (Lipinski definition) is 0. The number of ether oxygens (including phenoxy) is 11. The minimum atomic E-state index is -1.71. The molecule has 19 heteroatoms. The molecule has 0 unspecified atom stereocenters. The van der Waals surface area contributed by atoms with Crippen molar-refractivity contribution in [3.8, 4) is 0 Å². The van der Waals surface area contributed by atoms with Crippen molar-refractivity contribution < 1.29 is 90.5 Å². The van der Waals surface area contributed by atoms with Crippen LogP contribution in [0, 0.1) is 0 Å². The first-order valence-corrected chi connectivity index (χ1v) is 14.2. The number of carbonyl (C=O) groups is 8. The summed E-state index contributed by atoms with van der Waals surface area (Å²) in [4.78, 5) is 95.9. The summed E-state index contributed by atoms with van der Waals surface area (Å²) in [6.07, 6.45) is -15.6. The quantitative estimate of drug-likeness (QED) is 0.181. The lowest BCUT2D eigenvalue weighted by Gasteiger charge is -2.46. The van der Waals surface area contributed by atoms with E-state index in [1.807, 2.05) is 0 Å². The molecule has 2 saturated heterocycles. The van der Waals surface area contributed by atoms with Gasteiger partial charge in [-0.05, 0) is 0 Å². The molecular weight excluding hydrogens is 640 g/mol. The summed E-state index contributed by atoms with van der Waals surface area (Å²) in [5.74, 6) is -6.93. The van der Waals surface area contributed by atoms with Gasteiger partial charge in [-0.2, -0.15) is 0 Å². The predicted octanol–water partition coefficient (Wildman–Crippen LogP) is -0.831. The Labute approximate surface area is 268 Å². The summed E-state index contributed by atoms with van der Waals surface area (Å²) in [6.45, 7) is 7.09. The Morgan fingerprint density at radius 1 is 0.383 bits per heavy atom. The van der Waals surface area contributed by atoms with Crippen molar-refractivity contribution in [2.75, 3.05) is 13.2 Å². The van der Waals surface area contributed by atoms with Crippen LogP contribution in [0.3, 0.4) is 0 Å². The van der Waals surface area contributed by atoms with Gasteiger partial charge in [-0.15, -0.1) is 0 Å². The van der Waals surface area contributed by atoms with Crippen LogP contribution in [0.15, 0.2) is 0 Å². The molecule has 0 aromatic rings. The zero-order valence-corrected chi connectivity index (χ0v) is 26.9. The Morgan fingerprint density at radius 2 is 0.702 bits per heavy atom. The van der Waals surface area contributed by atoms with Crippen molar-refractivity contribution in [3.05, 3.63) is 0 Å². The van der Waals surface area contributed by atoms with Gasteiger partial charge in [-0.3, -0.25) is 38.4 Å². The molecule has 0 spiro atoms. The summed E-state index contributed by atoms with van der Waals surface area (Å²) >= 11 is 0. The lowest BCUT2D eigenvalue weighted by Crippen LogP contribution is -2.65. The van der Waals surface area contributed by atoms with Crippen molar-refractivity contribution in [2.24, 2.45) is 0 Å². The van der Waals surface area contributed by atoms with E-state index >= 15 is 0 Å². The second-order valence-corrected chi connectivity index (χ2v) is 10.3. The highest BCUT2D eigenvalue weighted by molar-refractivity contribution is 5.70. The molecule has 2 aliphatic rings. The molecule has 2 aliphatic heterocycles. The van der Waals surface area contributed by atoms with Crippen LogP contribution >= 0.6 is 0 Å². The maximum atomic E-state index is 12.1. The summed E-state index contributed by atoms with van der Waals surface area (Å²) in [5, 5.41) is 0. The predicted molar refractivity (Wildman–Crippen MR) is 145 cm³/mol. The fraction of sp³-hybridized carbons (Fsp3) is 0.714. The zero-order chi connectivity index (χ0) is 35.6. The first-order valence-electron chi connectivity index (χ1n) is 14.2. The van der Waals surface area contributed by atoms with Gasteiger partial charge in [0.05, 0.1) is 6.61 Å². The largest absolute Gasteiger partial charge is 0.463 e. The van der Waals surface area contributed by atoms with Gasteiger partial charge >= 0.3 is 47.8 Å². The van der Waals surface area contributed by atoms with Gasteiger partial charge in [-0.25, -0.2) is 0 Å². The summed E-state index contributed by atoms with van der Waals surface area (Å²) in [5.41, 5.74) is 0. The third-order valence-corrected chi connectivity index (χ3v) is 6.15. The van der Waals surface area contributed by atoms with Gasteiger partial charge in [0.25, 0.3) is 0 Å². The molecular formula is C28H38O19. The molecule has 2 fully saturated rings. The lowest BCUT2D eigenvalue weighted by atomic mass is 9.97. The van der Waals surface area contributed by atoms with Crippen molar-refractivity contribution in [1.29, 1.82) is 0 Å². The molecule has 47 heavy (non-hydrogen) atoms. The van der Waals surface area contributed by atoms with Crippen LogP contribution in [0.2, 0.25) is 0 Å². The monoisotopic (exact) mass is 678 g/mol. The highest BCUT2D eigenvalue weighted by Gasteiger charge is 2.56. The normalized spacial score (nSPS) is 30.0. The molecule has 0 saturated carbocycles. The Balaban J connectivity index is 2.56. The molecule has 2 rings (SSSR count). The highest BCUT2D eigenvalue weighted by atomic mass is 16.8. The fourth-order valence-corrected chi connectivity index (χ4v) is 4.76. The maximum absolute atomic E-state index is 12.1. The van der Waals surface area contributed by atoms with Crippen molar-refractivity contribution in [1.82, 2.24) is 0 Å². The van der Waals surface area contributed by atoms with E-state index < -0.39 is 122 Å². The molecule has 10 atom stereocenters. The minimum Gasteiger partial charge on any atom is -0.463 e. The number of esters is 8. The average molecular weight is 679 g/mol. The van der Waals surface area contributed by atoms with Crippen LogP contribution in [0.1, 0.15) is 55.4 Å². The molecule has 0 amide bonds. The summed E-state index contributed by atoms with van der Waals surface area (Å²) in [7, 11) is 0. The fourth-order valence-electron chi connectivity index (χ4n) is 4.76. The van der Waals surface area contributed by atoms with Crippen LogP contribution in [0.25, 0.3) is 0 Å². The van der Waals surface area contributed by atoms with E-state index in [0.29, 0.717) is 0 Å². The Kier molecular flexibility index (Phi) is 14.5. The topological polar surface area (TPSA) is 238 Å². The van der Waals surface area contributed by atoms with Gasteiger partial charge in [0, 0.05) is 55.4 Å². The molecule has 0 radical (unpaired) electrons. The van der Waals surface area contributed by atoms with Gasteiger partial charge in [0.2, 0.25) is 12.4 Å². The first kappa shape index (κ1) is 38.8. The van der Waals surface area contributed by atoms with Crippen LogP contribution < -0.4 is 0 Å². The highest BCUT2D eigenvalue weighted by Crippen LogP contribution is 2.33.